The quantitative estimate of drug-likeness (QED) is 0.325. The number of imidazole rings is 1. The number of nitrogens with zero attached hydrogens (tertiary/aromatic N) is 4. The zero-order valence-electron chi connectivity index (χ0n) is 19.8. The Hall–Kier alpha value is -1.51. The second-order valence-electron chi connectivity index (χ2n) is 8.17. The molecule has 0 unspecified atom stereocenters. The molecule has 0 saturated carbocycles. The normalized spacial score (nSPS) is 12.9. The van der Waals surface area contributed by atoms with Crippen LogP contribution in [-0.2, 0) is 23.0 Å². The minimum atomic E-state index is -0.106. The van der Waals surface area contributed by atoms with Crippen molar-refractivity contribution in [1.29, 1.82) is 0 Å². The van der Waals surface area contributed by atoms with Crippen molar-refractivity contribution in [2.75, 3.05) is 22.9 Å². The van der Waals surface area contributed by atoms with E-state index in [-0.39, 0.29) is 15.9 Å². The SMILES string of the molecule is Cc1cc(C)c(N2[C]N(c3c(C)cc(C)cc3C)CC2)c(C)c1.Cn1ccnc1.[Cl][Pd][Cl]. The van der Waals surface area contributed by atoms with E-state index in [1.165, 1.54) is 44.8 Å². The third kappa shape index (κ3) is 7.25. The second kappa shape index (κ2) is 12.7. The predicted octanol–water partition coefficient (Wildman–Crippen LogP) is 6.66. The molecular weight excluding hydrogens is 534 g/mol. The molecule has 32 heavy (non-hydrogen) atoms. The van der Waals surface area contributed by atoms with Gasteiger partial charge in [-0.25, -0.2) is 4.98 Å². The molecule has 0 bridgehead atoms. The number of anilines is 2. The Morgan fingerprint density at radius 3 is 1.41 bits per heavy atom. The van der Waals surface area contributed by atoms with Crippen molar-refractivity contribution in [3.05, 3.63) is 83.0 Å². The van der Waals surface area contributed by atoms with Gasteiger partial charge in [0.25, 0.3) is 0 Å². The fourth-order valence-electron chi connectivity index (χ4n) is 4.29. The molecular formula is C25H32Cl2N4Pd. The van der Waals surface area contributed by atoms with E-state index < -0.39 is 0 Å². The van der Waals surface area contributed by atoms with Crippen molar-refractivity contribution >= 4 is 30.4 Å². The zero-order chi connectivity index (χ0) is 23.8. The molecule has 1 aliphatic heterocycles. The van der Waals surface area contributed by atoms with Crippen LogP contribution in [0.1, 0.15) is 33.4 Å². The molecule has 1 saturated heterocycles. The topological polar surface area (TPSA) is 24.3 Å². The molecule has 2 aromatic carbocycles. The van der Waals surface area contributed by atoms with E-state index in [0.717, 1.165) is 13.1 Å². The molecule has 1 aliphatic rings. The summed E-state index contributed by atoms with van der Waals surface area (Å²) >= 11 is -0.106. The van der Waals surface area contributed by atoms with Gasteiger partial charge in [-0.2, -0.15) is 0 Å². The van der Waals surface area contributed by atoms with Gasteiger partial charge in [-0.1, -0.05) is 35.4 Å². The van der Waals surface area contributed by atoms with Gasteiger partial charge in [0.05, 0.1) is 6.33 Å². The average Bonchev–Trinajstić information content (AvgIpc) is 3.33. The third-order valence-corrected chi connectivity index (χ3v) is 5.24. The Balaban J connectivity index is 0.000000339. The molecule has 3 aromatic rings. The Labute approximate surface area is 209 Å². The summed E-state index contributed by atoms with van der Waals surface area (Å²) in [4.78, 5) is 8.35. The Morgan fingerprint density at radius 1 is 0.781 bits per heavy atom. The van der Waals surface area contributed by atoms with Crippen LogP contribution in [0.3, 0.4) is 0 Å². The van der Waals surface area contributed by atoms with Gasteiger partial charge in [-0.05, 0) is 63.8 Å². The van der Waals surface area contributed by atoms with Crippen LogP contribution in [-0.4, -0.2) is 22.6 Å². The van der Waals surface area contributed by atoms with Gasteiger partial charge < -0.3 is 14.4 Å². The number of aryl methyl sites for hydroxylation is 7. The van der Waals surface area contributed by atoms with Crippen LogP contribution in [0.4, 0.5) is 11.4 Å². The first-order chi connectivity index (χ1) is 15.2. The summed E-state index contributed by atoms with van der Waals surface area (Å²) in [7, 11) is 11.6. The first-order valence-electron chi connectivity index (χ1n) is 10.4. The van der Waals surface area contributed by atoms with E-state index >= 15 is 0 Å². The van der Waals surface area contributed by atoms with Crippen molar-refractivity contribution in [3.63, 3.8) is 0 Å². The van der Waals surface area contributed by atoms with E-state index in [2.05, 4.69) is 87.3 Å². The van der Waals surface area contributed by atoms with Crippen LogP contribution in [0.2, 0.25) is 0 Å². The van der Waals surface area contributed by atoms with Gasteiger partial charge in [-0.15, -0.1) is 0 Å². The van der Waals surface area contributed by atoms with Crippen molar-refractivity contribution in [2.24, 2.45) is 7.05 Å². The number of halogens is 2. The zero-order valence-corrected chi connectivity index (χ0v) is 22.9. The van der Waals surface area contributed by atoms with Gasteiger partial charge in [0.1, 0.15) is 0 Å². The predicted molar refractivity (Wildman–Crippen MR) is 134 cm³/mol. The third-order valence-electron chi connectivity index (χ3n) is 5.24. The van der Waals surface area contributed by atoms with Crippen molar-refractivity contribution in [2.45, 2.75) is 41.5 Å². The molecule has 0 aliphatic carbocycles. The molecule has 4 nitrogen and oxygen atoms in total. The number of rotatable bonds is 2. The standard InChI is InChI=1S/C21H26N2.C4H6N2.2ClH.Pd/c1-14-9-16(3)20(17(4)10-14)22-7-8-23(13-22)21-18(5)11-15(2)12-19(21)6;1-6-3-2-5-4-6;;;/h9-12H,7-8H2,1-6H3;2-4H,1H3;2*1H;/q;;;;+2/p-2. The van der Waals surface area contributed by atoms with Gasteiger partial charge in [0, 0.05) is 43.9 Å². The van der Waals surface area contributed by atoms with Gasteiger partial charge in [0.15, 0.2) is 0 Å². The maximum atomic E-state index is 4.81. The summed E-state index contributed by atoms with van der Waals surface area (Å²) < 4.78 is 1.89. The second-order valence-corrected chi connectivity index (χ2v) is 10.5. The van der Waals surface area contributed by atoms with E-state index in [4.69, 9.17) is 19.1 Å². The molecule has 0 atom stereocenters. The Kier molecular flexibility index (Phi) is 10.6. The number of hydrogen-bond acceptors (Lipinski definition) is 3. The van der Waals surface area contributed by atoms with Crippen LogP contribution < -0.4 is 9.80 Å². The molecule has 4 rings (SSSR count). The Morgan fingerprint density at radius 2 is 1.16 bits per heavy atom. The minimum absolute atomic E-state index is 0.106. The molecule has 0 N–H and O–H groups in total. The first kappa shape index (κ1) is 26.7. The van der Waals surface area contributed by atoms with Crippen LogP contribution in [0, 0.1) is 48.2 Å². The summed E-state index contributed by atoms with van der Waals surface area (Å²) in [5.74, 6) is 0. The molecule has 0 spiro atoms. The van der Waals surface area contributed by atoms with Gasteiger partial charge in [-0.3, -0.25) is 0 Å². The van der Waals surface area contributed by atoms with E-state index in [0.29, 0.717) is 0 Å². The van der Waals surface area contributed by atoms with Crippen molar-refractivity contribution in [3.8, 4) is 0 Å². The molecule has 2 heterocycles. The summed E-state index contributed by atoms with van der Waals surface area (Å²) in [5.41, 5.74) is 10.6. The van der Waals surface area contributed by atoms with Crippen LogP contribution in [0.5, 0.6) is 0 Å². The van der Waals surface area contributed by atoms with Crippen LogP contribution in [0.15, 0.2) is 43.0 Å². The average molecular weight is 566 g/mol. The monoisotopic (exact) mass is 564 g/mol. The maximum absolute atomic E-state index is 4.81. The fraction of sp³-hybridized carbons (Fsp3) is 0.360. The van der Waals surface area contributed by atoms with Crippen LogP contribution >= 0.6 is 19.1 Å². The first-order valence-corrected chi connectivity index (χ1v) is 14.4. The van der Waals surface area contributed by atoms with Gasteiger partial charge >= 0.3 is 35.0 Å². The van der Waals surface area contributed by atoms with Crippen molar-refractivity contribution < 1.29 is 15.9 Å². The number of aromatic nitrogens is 2. The summed E-state index contributed by atoms with van der Waals surface area (Å²) in [5, 5.41) is 0. The molecule has 0 amide bonds. The van der Waals surface area contributed by atoms with E-state index in [9.17, 15) is 0 Å². The van der Waals surface area contributed by atoms with E-state index in [1.807, 2.05) is 17.8 Å². The van der Waals surface area contributed by atoms with Gasteiger partial charge in [0.2, 0.25) is 6.67 Å². The van der Waals surface area contributed by atoms with Crippen LogP contribution in [0.25, 0.3) is 0 Å². The fourth-order valence-corrected chi connectivity index (χ4v) is 4.29. The summed E-state index contributed by atoms with van der Waals surface area (Å²) in [6.07, 6.45) is 5.39. The number of hydrogen-bond donors (Lipinski definition) is 0. The summed E-state index contributed by atoms with van der Waals surface area (Å²) in [6.45, 7) is 18.7. The summed E-state index contributed by atoms with van der Waals surface area (Å²) in [6, 6.07) is 9.04. The Bertz CT molecular complexity index is 896. The molecule has 176 valence electrons. The molecule has 1 aromatic heterocycles. The number of benzene rings is 2. The molecule has 1 fully saturated rings. The van der Waals surface area contributed by atoms with E-state index in [1.54, 1.807) is 12.5 Å². The molecule has 7 heteroatoms. The molecule has 2 radical (unpaired) electrons. The van der Waals surface area contributed by atoms with Crippen molar-refractivity contribution in [1.82, 2.24) is 9.55 Å².